The second-order valence-electron chi connectivity index (χ2n) is 6.37. The Hall–Kier alpha value is -3.55. The second-order valence-corrected chi connectivity index (χ2v) is 6.37. The molecule has 0 radical (unpaired) electrons. The highest BCUT2D eigenvalue weighted by Gasteiger charge is 2.36. The lowest BCUT2D eigenvalue weighted by atomic mass is 9.97. The Labute approximate surface area is 154 Å². The first kappa shape index (κ1) is 16.9. The molecule has 3 amide bonds. The molecular weight excluding hydrogens is 350 g/mol. The molecule has 2 aliphatic heterocycles. The number of rotatable bonds is 4. The summed E-state index contributed by atoms with van der Waals surface area (Å²) in [5.74, 6) is -0.226. The summed E-state index contributed by atoms with van der Waals surface area (Å²) in [7, 11) is 0. The number of para-hydroxylation sites is 1. The van der Waals surface area contributed by atoms with Gasteiger partial charge in [0, 0.05) is 18.7 Å². The van der Waals surface area contributed by atoms with E-state index in [4.69, 9.17) is 15.2 Å². The average Bonchev–Trinajstić information content (AvgIpc) is 3.08. The van der Waals surface area contributed by atoms with Gasteiger partial charge in [0.1, 0.15) is 0 Å². The summed E-state index contributed by atoms with van der Waals surface area (Å²) in [6.45, 7) is 0.751. The molecule has 0 aromatic heterocycles. The van der Waals surface area contributed by atoms with Crippen molar-refractivity contribution < 1.29 is 23.9 Å². The van der Waals surface area contributed by atoms with Gasteiger partial charge in [-0.05, 0) is 30.3 Å². The van der Waals surface area contributed by atoms with Crippen molar-refractivity contribution in [2.75, 3.05) is 25.2 Å². The van der Waals surface area contributed by atoms with Gasteiger partial charge < -0.3 is 25.4 Å². The lowest BCUT2D eigenvalue weighted by Crippen LogP contribution is -2.54. The number of hydrogen-bond acceptors (Lipinski definition) is 5. The normalized spacial score (nSPS) is 15.2. The zero-order valence-corrected chi connectivity index (χ0v) is 14.3. The third-order valence-electron chi connectivity index (χ3n) is 4.61. The molecule has 0 saturated carbocycles. The number of hydrogen-bond donors (Lipinski definition) is 2. The number of amides is 3. The van der Waals surface area contributed by atoms with Crippen molar-refractivity contribution in [1.82, 2.24) is 4.90 Å². The van der Waals surface area contributed by atoms with Crippen molar-refractivity contribution >= 4 is 23.4 Å². The molecule has 3 N–H and O–H groups in total. The number of benzene rings is 2. The highest BCUT2D eigenvalue weighted by atomic mass is 16.7. The summed E-state index contributed by atoms with van der Waals surface area (Å²) in [4.78, 5) is 37.9. The van der Waals surface area contributed by atoms with Crippen LogP contribution in [-0.2, 0) is 4.79 Å². The maximum Gasteiger partial charge on any atom is 0.254 e. The van der Waals surface area contributed by atoms with Gasteiger partial charge in [-0.1, -0.05) is 12.1 Å². The minimum absolute atomic E-state index is 0.145. The number of nitrogens with two attached hydrogens (primary N) is 1. The number of carbonyl (C=O) groups excluding carboxylic acids is 3. The molecule has 2 heterocycles. The van der Waals surface area contributed by atoms with Gasteiger partial charge in [0.25, 0.3) is 11.8 Å². The van der Waals surface area contributed by atoms with Gasteiger partial charge in [0.05, 0.1) is 17.2 Å². The van der Waals surface area contributed by atoms with Crippen LogP contribution in [0.1, 0.15) is 20.7 Å². The number of anilines is 1. The molecule has 0 atom stereocenters. The van der Waals surface area contributed by atoms with E-state index in [-0.39, 0.29) is 30.1 Å². The van der Waals surface area contributed by atoms with Crippen molar-refractivity contribution in [3.8, 4) is 11.5 Å². The Morgan fingerprint density at radius 1 is 1.04 bits per heavy atom. The summed E-state index contributed by atoms with van der Waals surface area (Å²) in [6, 6.07) is 11.6. The first-order valence-electron chi connectivity index (χ1n) is 8.41. The molecule has 2 aliphatic rings. The Morgan fingerprint density at radius 3 is 2.56 bits per heavy atom. The number of ether oxygens (including phenoxy) is 2. The molecule has 0 spiro atoms. The van der Waals surface area contributed by atoms with Crippen molar-refractivity contribution in [1.29, 1.82) is 0 Å². The number of carbonyl (C=O) groups is 3. The van der Waals surface area contributed by atoms with Crippen molar-refractivity contribution in [2.45, 2.75) is 0 Å². The predicted octanol–water partition coefficient (Wildman–Crippen LogP) is 1.22. The van der Waals surface area contributed by atoms with E-state index < -0.39 is 5.91 Å². The van der Waals surface area contributed by atoms with E-state index >= 15 is 0 Å². The van der Waals surface area contributed by atoms with Crippen molar-refractivity contribution in [3.63, 3.8) is 0 Å². The SMILES string of the molecule is NC(=O)c1ccccc1NC(=O)C1CN(C(=O)c2ccc3c(c2)OCO3)C1. The Bertz CT molecular complexity index is 937. The average molecular weight is 367 g/mol. The topological polar surface area (TPSA) is 111 Å². The number of nitrogens with zero attached hydrogens (tertiary/aromatic N) is 1. The lowest BCUT2D eigenvalue weighted by molar-refractivity contribution is -0.123. The highest BCUT2D eigenvalue weighted by Crippen LogP contribution is 2.33. The zero-order chi connectivity index (χ0) is 19.0. The van der Waals surface area contributed by atoms with E-state index in [0.29, 0.717) is 35.8 Å². The molecule has 1 fully saturated rings. The summed E-state index contributed by atoms with van der Waals surface area (Å²) >= 11 is 0. The molecule has 2 aromatic carbocycles. The van der Waals surface area contributed by atoms with E-state index in [1.165, 1.54) is 0 Å². The Balaban J connectivity index is 1.37. The van der Waals surface area contributed by atoms with Crippen LogP contribution in [0.15, 0.2) is 42.5 Å². The highest BCUT2D eigenvalue weighted by molar-refractivity contribution is 6.04. The number of nitrogens with one attached hydrogen (secondary N) is 1. The molecule has 27 heavy (non-hydrogen) atoms. The molecule has 0 aliphatic carbocycles. The molecule has 4 rings (SSSR count). The van der Waals surface area contributed by atoms with Crippen LogP contribution in [0.5, 0.6) is 11.5 Å². The Morgan fingerprint density at radius 2 is 1.78 bits per heavy atom. The molecule has 1 saturated heterocycles. The van der Waals surface area contributed by atoms with Crippen LogP contribution in [0.2, 0.25) is 0 Å². The minimum atomic E-state index is -0.612. The number of fused-ring (bicyclic) bond motifs is 1. The Kier molecular flexibility index (Phi) is 4.15. The van der Waals surface area contributed by atoms with Gasteiger partial charge in [-0.3, -0.25) is 14.4 Å². The van der Waals surface area contributed by atoms with Crippen LogP contribution in [0.4, 0.5) is 5.69 Å². The van der Waals surface area contributed by atoms with Crippen molar-refractivity contribution in [3.05, 3.63) is 53.6 Å². The van der Waals surface area contributed by atoms with E-state index in [2.05, 4.69) is 5.32 Å². The minimum Gasteiger partial charge on any atom is -0.454 e. The van der Waals surface area contributed by atoms with Gasteiger partial charge in [-0.25, -0.2) is 0 Å². The van der Waals surface area contributed by atoms with Crippen LogP contribution in [0.25, 0.3) is 0 Å². The van der Waals surface area contributed by atoms with Crippen LogP contribution >= 0.6 is 0 Å². The first-order chi connectivity index (χ1) is 13.0. The monoisotopic (exact) mass is 367 g/mol. The number of primary amides is 1. The second kappa shape index (κ2) is 6.64. The molecule has 0 bridgehead atoms. The number of likely N-dealkylation sites (tertiary alicyclic amines) is 1. The van der Waals surface area contributed by atoms with Crippen LogP contribution in [0.3, 0.4) is 0 Å². The summed E-state index contributed by atoms with van der Waals surface area (Å²) in [5, 5.41) is 2.71. The van der Waals surface area contributed by atoms with Gasteiger partial charge in [-0.2, -0.15) is 0 Å². The molecule has 138 valence electrons. The maximum absolute atomic E-state index is 12.5. The van der Waals surface area contributed by atoms with E-state index in [1.807, 2.05) is 0 Å². The fraction of sp³-hybridized carbons (Fsp3) is 0.211. The molecular formula is C19H17N3O5. The fourth-order valence-corrected chi connectivity index (χ4v) is 3.06. The van der Waals surface area contributed by atoms with Gasteiger partial charge in [-0.15, -0.1) is 0 Å². The standard InChI is InChI=1S/C19H17N3O5/c20-17(23)13-3-1-2-4-14(13)21-18(24)12-8-22(9-12)19(25)11-5-6-15-16(7-11)27-10-26-15/h1-7,12H,8-10H2,(H2,20,23)(H,21,24). The van der Waals surface area contributed by atoms with E-state index in [0.717, 1.165) is 0 Å². The smallest absolute Gasteiger partial charge is 0.254 e. The largest absolute Gasteiger partial charge is 0.454 e. The fourth-order valence-electron chi connectivity index (χ4n) is 3.06. The zero-order valence-electron chi connectivity index (χ0n) is 14.3. The van der Waals surface area contributed by atoms with Gasteiger partial charge >= 0.3 is 0 Å². The first-order valence-corrected chi connectivity index (χ1v) is 8.41. The van der Waals surface area contributed by atoms with Gasteiger partial charge in [0.15, 0.2) is 11.5 Å². The van der Waals surface area contributed by atoms with Crippen LogP contribution in [0, 0.1) is 5.92 Å². The molecule has 8 heteroatoms. The van der Waals surface area contributed by atoms with Crippen LogP contribution < -0.4 is 20.5 Å². The van der Waals surface area contributed by atoms with Gasteiger partial charge in [0.2, 0.25) is 12.7 Å². The third-order valence-corrected chi connectivity index (χ3v) is 4.61. The molecule has 0 unspecified atom stereocenters. The van der Waals surface area contributed by atoms with Crippen molar-refractivity contribution in [2.24, 2.45) is 11.7 Å². The lowest BCUT2D eigenvalue weighted by Gasteiger charge is -2.38. The molecule has 8 nitrogen and oxygen atoms in total. The summed E-state index contributed by atoms with van der Waals surface area (Å²) in [5.41, 5.74) is 6.42. The summed E-state index contributed by atoms with van der Waals surface area (Å²) in [6.07, 6.45) is 0. The third kappa shape index (κ3) is 3.17. The summed E-state index contributed by atoms with van der Waals surface area (Å²) < 4.78 is 10.5. The predicted molar refractivity (Wildman–Crippen MR) is 95.5 cm³/mol. The quantitative estimate of drug-likeness (QED) is 0.844. The maximum atomic E-state index is 12.5. The molecule has 2 aromatic rings. The van der Waals surface area contributed by atoms with E-state index in [9.17, 15) is 14.4 Å². The van der Waals surface area contributed by atoms with E-state index in [1.54, 1.807) is 47.4 Å². The van der Waals surface area contributed by atoms with Crippen LogP contribution in [-0.4, -0.2) is 42.5 Å².